The number of aliphatic carboxylic acids is 1. The van der Waals surface area contributed by atoms with Gasteiger partial charge in [-0.05, 0) is 60.3 Å². The molecule has 2 amide bonds. The third-order valence-electron chi connectivity index (χ3n) is 8.78. The number of piperidine rings is 1. The highest BCUT2D eigenvalue weighted by Gasteiger charge is 2.68. The van der Waals surface area contributed by atoms with Gasteiger partial charge in [0.15, 0.2) is 0 Å². The van der Waals surface area contributed by atoms with E-state index in [-0.39, 0.29) is 30.9 Å². The summed E-state index contributed by atoms with van der Waals surface area (Å²) in [4.78, 5) is 39.9. The second kappa shape index (κ2) is 8.11. The Bertz CT molecular complexity index is 1160. The zero-order valence-electron chi connectivity index (χ0n) is 19.7. The van der Waals surface area contributed by atoms with Crippen molar-refractivity contribution in [3.63, 3.8) is 0 Å². The van der Waals surface area contributed by atoms with Crippen LogP contribution in [0.15, 0.2) is 48.5 Å². The molecule has 0 aromatic heterocycles. The van der Waals surface area contributed by atoms with Gasteiger partial charge in [0.1, 0.15) is 12.1 Å². The van der Waals surface area contributed by atoms with Crippen molar-refractivity contribution in [1.82, 2.24) is 10.2 Å². The number of hydrogen-bond acceptors (Lipinski definition) is 4. The van der Waals surface area contributed by atoms with Crippen molar-refractivity contribution in [1.29, 1.82) is 0 Å². The molecule has 0 radical (unpaired) electrons. The molecular formula is C28H30N2O5. The molecule has 0 bridgehead atoms. The van der Waals surface area contributed by atoms with Gasteiger partial charge >= 0.3 is 12.1 Å². The molecule has 4 aliphatic rings. The number of nitrogens with zero attached hydrogens (tertiary/aromatic N) is 1. The van der Waals surface area contributed by atoms with Gasteiger partial charge in [-0.25, -0.2) is 9.59 Å². The van der Waals surface area contributed by atoms with E-state index >= 15 is 0 Å². The third kappa shape index (κ3) is 3.35. The van der Waals surface area contributed by atoms with Crippen LogP contribution in [0, 0.1) is 11.3 Å². The summed E-state index contributed by atoms with van der Waals surface area (Å²) in [7, 11) is 0. The Hall–Kier alpha value is -3.35. The minimum atomic E-state index is -1.03. The van der Waals surface area contributed by atoms with Crippen LogP contribution in [0.5, 0.6) is 0 Å². The summed E-state index contributed by atoms with van der Waals surface area (Å²) in [6.07, 6.45) is 3.92. The van der Waals surface area contributed by atoms with E-state index in [1.807, 2.05) is 24.3 Å². The normalized spacial score (nSPS) is 25.5. The molecule has 6 rings (SSSR count). The van der Waals surface area contributed by atoms with Crippen LogP contribution in [0.2, 0.25) is 0 Å². The number of alkyl carbamates (subject to hydrolysis) is 1. The summed E-state index contributed by atoms with van der Waals surface area (Å²) in [6.45, 7) is 0.879. The van der Waals surface area contributed by atoms with Gasteiger partial charge < -0.3 is 20.1 Å². The average Bonchev–Trinajstić information content (AvgIpc) is 3.53. The van der Waals surface area contributed by atoms with E-state index in [1.54, 1.807) is 4.90 Å². The van der Waals surface area contributed by atoms with Gasteiger partial charge in [-0.3, -0.25) is 4.79 Å². The van der Waals surface area contributed by atoms with Gasteiger partial charge in [-0.2, -0.15) is 0 Å². The monoisotopic (exact) mass is 474 g/mol. The van der Waals surface area contributed by atoms with Crippen molar-refractivity contribution < 1.29 is 24.2 Å². The summed E-state index contributed by atoms with van der Waals surface area (Å²) >= 11 is 0. The zero-order chi connectivity index (χ0) is 24.2. The molecule has 3 fully saturated rings. The molecule has 2 saturated carbocycles. The van der Waals surface area contributed by atoms with Gasteiger partial charge in [0.25, 0.3) is 0 Å². The molecule has 2 N–H and O–H groups in total. The summed E-state index contributed by atoms with van der Waals surface area (Å²) in [5.41, 5.74) is 2.89. The molecule has 1 heterocycles. The highest BCUT2D eigenvalue weighted by atomic mass is 16.5. The summed E-state index contributed by atoms with van der Waals surface area (Å²) in [5, 5.41) is 12.7. The maximum atomic E-state index is 13.6. The molecule has 1 aliphatic heterocycles. The van der Waals surface area contributed by atoms with Crippen molar-refractivity contribution in [3.8, 4) is 11.1 Å². The lowest BCUT2D eigenvalue weighted by molar-refractivity contribution is -0.162. The number of carbonyl (C=O) groups excluding carboxylic acids is 2. The van der Waals surface area contributed by atoms with Crippen LogP contribution in [0.25, 0.3) is 11.1 Å². The van der Waals surface area contributed by atoms with Gasteiger partial charge in [-0.15, -0.1) is 0 Å². The van der Waals surface area contributed by atoms with Crippen molar-refractivity contribution in [2.45, 2.75) is 50.0 Å². The number of rotatable bonds is 6. The number of ether oxygens (including phenoxy) is 1. The Labute approximate surface area is 204 Å². The van der Waals surface area contributed by atoms with E-state index in [2.05, 4.69) is 29.6 Å². The number of fused-ring (bicyclic) bond motifs is 4. The summed E-state index contributed by atoms with van der Waals surface area (Å²) in [6, 6.07) is 16.4. The lowest BCUT2D eigenvalue weighted by Crippen LogP contribution is -2.60. The quantitative estimate of drug-likeness (QED) is 0.655. The fraction of sp³-hybridized carbons (Fsp3) is 0.464. The number of amides is 2. The molecule has 35 heavy (non-hydrogen) atoms. The zero-order valence-corrected chi connectivity index (χ0v) is 19.7. The Kier molecular flexibility index (Phi) is 5.13. The van der Waals surface area contributed by atoms with E-state index in [0.717, 1.165) is 30.4 Å². The molecule has 3 aliphatic carbocycles. The number of benzene rings is 2. The standard InChI is InChI=1S/C28H30N2O5/c31-24(30-14-5-7-18-15-28(18,30)25(32)33)27(12-6-13-27)17-29-26(34)35-16-23-21-10-3-1-8-19(21)20-9-2-4-11-22(20)23/h1-4,8-11,18,23H,5-7,12-17H2,(H,29,34)(H,32,33). The molecule has 2 aromatic rings. The van der Waals surface area contributed by atoms with Crippen LogP contribution in [0.1, 0.15) is 55.6 Å². The number of nitrogens with one attached hydrogen (secondary N) is 1. The minimum Gasteiger partial charge on any atom is -0.479 e. The SMILES string of the molecule is O=C(NCC1(C(=O)N2CCCC3CC32C(=O)O)CCC1)OCC1c2ccccc2-c2ccccc21. The fourth-order valence-corrected chi connectivity index (χ4v) is 6.59. The third-order valence-corrected chi connectivity index (χ3v) is 8.78. The van der Waals surface area contributed by atoms with Crippen molar-refractivity contribution in [2.75, 3.05) is 19.7 Å². The number of likely N-dealkylation sites (tertiary alicyclic amines) is 1. The van der Waals surface area contributed by atoms with Crippen molar-refractivity contribution in [3.05, 3.63) is 59.7 Å². The number of carbonyl (C=O) groups is 3. The largest absolute Gasteiger partial charge is 0.479 e. The number of hydrogen-bond donors (Lipinski definition) is 2. The molecule has 7 nitrogen and oxygen atoms in total. The predicted octanol–water partition coefficient (Wildman–Crippen LogP) is 4.16. The van der Waals surface area contributed by atoms with Gasteiger partial charge in [0, 0.05) is 19.0 Å². The Balaban J connectivity index is 1.11. The van der Waals surface area contributed by atoms with Gasteiger partial charge in [-0.1, -0.05) is 55.0 Å². The van der Waals surface area contributed by atoms with Crippen molar-refractivity contribution >= 4 is 18.0 Å². The predicted molar refractivity (Wildman–Crippen MR) is 129 cm³/mol. The molecule has 2 aromatic carbocycles. The first kappa shape index (κ1) is 22.1. The van der Waals surface area contributed by atoms with Crippen LogP contribution in [0.4, 0.5) is 4.79 Å². The highest BCUT2D eigenvalue weighted by molar-refractivity contribution is 5.93. The average molecular weight is 475 g/mol. The topological polar surface area (TPSA) is 95.9 Å². The highest BCUT2D eigenvalue weighted by Crippen LogP contribution is 2.56. The fourth-order valence-electron chi connectivity index (χ4n) is 6.59. The molecule has 7 heteroatoms. The van der Waals surface area contributed by atoms with Crippen molar-refractivity contribution in [2.24, 2.45) is 11.3 Å². The first-order valence-electron chi connectivity index (χ1n) is 12.6. The maximum Gasteiger partial charge on any atom is 0.407 e. The first-order valence-corrected chi connectivity index (χ1v) is 12.6. The van der Waals surface area contributed by atoms with E-state index in [0.29, 0.717) is 25.8 Å². The second-order valence-corrected chi connectivity index (χ2v) is 10.5. The van der Waals surface area contributed by atoms with E-state index in [1.165, 1.54) is 11.1 Å². The lowest BCUT2D eigenvalue weighted by Gasteiger charge is -2.46. The van der Waals surface area contributed by atoms with E-state index < -0.39 is 23.0 Å². The molecule has 2 unspecified atom stereocenters. The van der Waals surface area contributed by atoms with Crippen LogP contribution < -0.4 is 5.32 Å². The Morgan fingerprint density at radius 1 is 1.00 bits per heavy atom. The van der Waals surface area contributed by atoms with Gasteiger partial charge in [0.05, 0.1) is 5.41 Å². The van der Waals surface area contributed by atoms with E-state index in [4.69, 9.17) is 4.74 Å². The smallest absolute Gasteiger partial charge is 0.407 e. The number of carboxylic acids is 1. The van der Waals surface area contributed by atoms with Crippen LogP contribution in [-0.4, -0.2) is 53.2 Å². The summed E-state index contributed by atoms with van der Waals surface area (Å²) in [5.74, 6) is -0.977. The first-order chi connectivity index (χ1) is 17.0. The molecular weight excluding hydrogens is 444 g/mol. The van der Waals surface area contributed by atoms with Crippen LogP contribution in [-0.2, 0) is 14.3 Å². The van der Waals surface area contributed by atoms with Crippen LogP contribution >= 0.6 is 0 Å². The number of carboxylic acid groups (broad SMARTS) is 1. The van der Waals surface area contributed by atoms with E-state index in [9.17, 15) is 19.5 Å². The second-order valence-electron chi connectivity index (χ2n) is 10.5. The van der Waals surface area contributed by atoms with Crippen LogP contribution in [0.3, 0.4) is 0 Å². The minimum absolute atomic E-state index is 0.0250. The molecule has 1 saturated heterocycles. The Morgan fingerprint density at radius 3 is 2.26 bits per heavy atom. The molecule has 0 spiro atoms. The molecule has 182 valence electrons. The van der Waals surface area contributed by atoms with Gasteiger partial charge in [0.2, 0.25) is 5.91 Å². The molecule has 2 atom stereocenters. The lowest BCUT2D eigenvalue weighted by atomic mass is 9.67. The maximum absolute atomic E-state index is 13.6. The Morgan fingerprint density at radius 2 is 1.66 bits per heavy atom. The summed E-state index contributed by atoms with van der Waals surface area (Å²) < 4.78 is 5.65.